The number of hydrogen-bond acceptors (Lipinski definition) is 4. The smallest absolute Gasteiger partial charge is 0.338 e. The largest absolute Gasteiger partial charge is 0.456 e. The molecule has 5 nitrogen and oxygen atoms in total. The minimum atomic E-state index is -0.337. The zero-order chi connectivity index (χ0) is 19.5. The van der Waals surface area contributed by atoms with Crippen molar-refractivity contribution in [3.8, 4) is 0 Å². The van der Waals surface area contributed by atoms with Gasteiger partial charge in [0.2, 0.25) is 0 Å². The molecule has 142 valence electrons. The first-order valence-electron chi connectivity index (χ1n) is 8.93. The van der Waals surface area contributed by atoms with Crippen LogP contribution in [-0.2, 0) is 9.47 Å². The van der Waals surface area contributed by atoms with E-state index in [9.17, 15) is 9.59 Å². The van der Waals surface area contributed by atoms with Gasteiger partial charge in [-0.2, -0.15) is 0 Å². The van der Waals surface area contributed by atoms with Crippen molar-refractivity contribution >= 4 is 11.9 Å². The summed E-state index contributed by atoms with van der Waals surface area (Å²) in [6, 6.07) is 17.8. The molecular weight excluding hydrogens is 342 g/mol. The fourth-order valence-corrected chi connectivity index (χ4v) is 2.64. The maximum Gasteiger partial charge on any atom is 0.338 e. The van der Waals surface area contributed by atoms with Crippen molar-refractivity contribution in [2.24, 2.45) is 0 Å². The topological polar surface area (TPSA) is 52.6 Å². The summed E-state index contributed by atoms with van der Waals surface area (Å²) >= 11 is 0. The molecule has 0 amide bonds. The van der Waals surface area contributed by atoms with Crippen LogP contribution in [0.1, 0.15) is 20.7 Å². The molecule has 0 heterocycles. The Morgan fingerprint density at radius 3 is 1.63 bits per heavy atom. The third kappa shape index (κ3) is 6.72. The summed E-state index contributed by atoms with van der Waals surface area (Å²) < 4.78 is 11.3. The van der Waals surface area contributed by atoms with Crippen molar-refractivity contribution in [3.05, 3.63) is 84.4 Å². The number of benzene rings is 2. The van der Waals surface area contributed by atoms with Crippen LogP contribution in [0.15, 0.2) is 73.3 Å². The summed E-state index contributed by atoms with van der Waals surface area (Å²) in [7, 11) is 2.02. The highest BCUT2D eigenvalue weighted by Crippen LogP contribution is 2.07. The van der Waals surface area contributed by atoms with E-state index in [4.69, 9.17) is 9.47 Å². The van der Waals surface area contributed by atoms with Crippen LogP contribution in [0.25, 0.3) is 0 Å². The van der Waals surface area contributed by atoms with Crippen LogP contribution < -0.4 is 0 Å². The minimum Gasteiger partial charge on any atom is -0.456 e. The van der Waals surface area contributed by atoms with Crippen molar-refractivity contribution < 1.29 is 23.5 Å². The Morgan fingerprint density at radius 1 is 0.852 bits per heavy atom. The third-order valence-corrected chi connectivity index (χ3v) is 4.32. The quantitative estimate of drug-likeness (QED) is 0.367. The Morgan fingerprint density at radius 2 is 1.26 bits per heavy atom. The van der Waals surface area contributed by atoms with Crippen LogP contribution in [0, 0.1) is 0 Å². The van der Waals surface area contributed by atoms with Gasteiger partial charge in [-0.25, -0.2) is 9.59 Å². The molecule has 27 heavy (non-hydrogen) atoms. The molecule has 0 radical (unpaired) electrons. The van der Waals surface area contributed by atoms with Gasteiger partial charge in [-0.3, -0.25) is 0 Å². The Labute approximate surface area is 160 Å². The molecule has 0 aliphatic heterocycles. The third-order valence-electron chi connectivity index (χ3n) is 4.32. The Hall–Kier alpha value is -2.92. The van der Waals surface area contributed by atoms with E-state index >= 15 is 0 Å². The predicted molar refractivity (Wildman–Crippen MR) is 104 cm³/mol. The lowest BCUT2D eigenvalue weighted by Crippen LogP contribution is -2.49. The first kappa shape index (κ1) is 20.4. The van der Waals surface area contributed by atoms with Crippen molar-refractivity contribution in [3.63, 3.8) is 0 Å². The molecular formula is C22H26NO4+. The molecule has 0 N–H and O–H groups in total. The van der Waals surface area contributed by atoms with Crippen LogP contribution in [0.2, 0.25) is 0 Å². The molecule has 0 bridgehead atoms. The standard InChI is InChI=1S/C22H26NO4/c1-3-14-23(2,15-17-26-21(24)19-10-6-4-7-11-19)16-18-27-22(25)20-12-8-5-9-13-20/h3-13H,1,14-18H2,2H3/q+1. The molecule has 0 saturated heterocycles. The van der Waals surface area contributed by atoms with Gasteiger partial charge in [-0.1, -0.05) is 43.0 Å². The van der Waals surface area contributed by atoms with Crippen LogP contribution >= 0.6 is 0 Å². The van der Waals surface area contributed by atoms with Crippen molar-refractivity contribution in [2.45, 2.75) is 0 Å². The van der Waals surface area contributed by atoms with Gasteiger partial charge >= 0.3 is 11.9 Å². The van der Waals surface area contributed by atoms with Crippen molar-refractivity contribution in [1.82, 2.24) is 0 Å². The molecule has 2 rings (SSSR count). The van der Waals surface area contributed by atoms with Gasteiger partial charge in [0.1, 0.15) is 26.3 Å². The monoisotopic (exact) mass is 368 g/mol. The second-order valence-electron chi connectivity index (χ2n) is 6.54. The Kier molecular flexibility index (Phi) is 7.77. The first-order chi connectivity index (χ1) is 13.0. The number of nitrogens with zero attached hydrogens (tertiary/aromatic N) is 1. The lowest BCUT2D eigenvalue weighted by atomic mass is 10.2. The van der Waals surface area contributed by atoms with Gasteiger partial charge in [0.25, 0.3) is 0 Å². The van der Waals surface area contributed by atoms with E-state index in [0.29, 0.717) is 35.2 Å². The average Bonchev–Trinajstić information content (AvgIpc) is 2.69. The van der Waals surface area contributed by atoms with Gasteiger partial charge in [-0.15, -0.1) is 0 Å². The zero-order valence-corrected chi connectivity index (χ0v) is 15.7. The molecule has 0 fully saturated rings. The van der Waals surface area contributed by atoms with E-state index in [-0.39, 0.29) is 25.2 Å². The zero-order valence-electron chi connectivity index (χ0n) is 15.7. The van der Waals surface area contributed by atoms with Crippen molar-refractivity contribution in [1.29, 1.82) is 0 Å². The van der Waals surface area contributed by atoms with Crippen LogP contribution in [0.4, 0.5) is 0 Å². The summed E-state index contributed by atoms with van der Waals surface area (Å²) in [5, 5.41) is 0. The molecule has 2 aromatic rings. The lowest BCUT2D eigenvalue weighted by Gasteiger charge is -2.33. The minimum absolute atomic E-state index is 0.282. The summed E-state index contributed by atoms with van der Waals surface area (Å²) in [5.41, 5.74) is 1.07. The fourth-order valence-electron chi connectivity index (χ4n) is 2.64. The molecule has 5 heteroatoms. The van der Waals surface area contributed by atoms with Gasteiger partial charge < -0.3 is 14.0 Å². The molecule has 0 spiro atoms. The molecule has 0 aliphatic carbocycles. The second-order valence-corrected chi connectivity index (χ2v) is 6.54. The molecule has 0 atom stereocenters. The van der Waals surface area contributed by atoms with Gasteiger partial charge in [0, 0.05) is 0 Å². The van der Waals surface area contributed by atoms with E-state index in [1.54, 1.807) is 48.5 Å². The summed E-state index contributed by atoms with van der Waals surface area (Å²) in [6.45, 7) is 6.26. The average molecular weight is 368 g/mol. The number of carbonyl (C=O) groups excluding carboxylic acids is 2. The van der Waals surface area contributed by atoms with Gasteiger partial charge in [0.05, 0.1) is 24.7 Å². The van der Waals surface area contributed by atoms with Crippen LogP contribution in [-0.4, -0.2) is 56.3 Å². The highest BCUT2D eigenvalue weighted by Gasteiger charge is 2.22. The van der Waals surface area contributed by atoms with E-state index < -0.39 is 0 Å². The molecule has 0 aromatic heterocycles. The van der Waals surface area contributed by atoms with E-state index in [1.165, 1.54) is 0 Å². The molecule has 0 unspecified atom stereocenters. The van der Waals surface area contributed by atoms with Gasteiger partial charge in [-0.05, 0) is 30.3 Å². The van der Waals surface area contributed by atoms with E-state index in [1.807, 2.05) is 25.3 Å². The number of carbonyl (C=O) groups is 2. The summed E-state index contributed by atoms with van der Waals surface area (Å²) in [4.78, 5) is 24.1. The maximum atomic E-state index is 12.0. The summed E-state index contributed by atoms with van der Waals surface area (Å²) in [6.07, 6.45) is 1.82. The van der Waals surface area contributed by atoms with Crippen LogP contribution in [0.5, 0.6) is 0 Å². The van der Waals surface area contributed by atoms with Crippen molar-refractivity contribution in [2.75, 3.05) is 39.9 Å². The molecule has 0 saturated carbocycles. The highest BCUT2D eigenvalue weighted by atomic mass is 16.5. The first-order valence-corrected chi connectivity index (χ1v) is 8.93. The lowest BCUT2D eigenvalue weighted by molar-refractivity contribution is -0.904. The van der Waals surface area contributed by atoms with Gasteiger partial charge in [0.15, 0.2) is 0 Å². The van der Waals surface area contributed by atoms with Crippen LogP contribution in [0.3, 0.4) is 0 Å². The number of rotatable bonds is 10. The van der Waals surface area contributed by atoms with E-state index in [2.05, 4.69) is 6.58 Å². The van der Waals surface area contributed by atoms with E-state index in [0.717, 1.165) is 0 Å². The predicted octanol–water partition coefficient (Wildman–Crippen LogP) is 3.33. The summed E-state index contributed by atoms with van der Waals surface area (Å²) in [5.74, 6) is -0.674. The number of hydrogen-bond donors (Lipinski definition) is 0. The Bertz CT molecular complexity index is 686. The highest BCUT2D eigenvalue weighted by molar-refractivity contribution is 5.89. The normalized spacial score (nSPS) is 10.9. The molecule has 0 aliphatic rings. The molecule has 2 aromatic carbocycles. The Balaban J connectivity index is 1.80. The SMILES string of the molecule is C=CC[N+](C)(CCOC(=O)c1ccccc1)CCOC(=O)c1ccccc1. The maximum absolute atomic E-state index is 12.0. The number of quaternary nitrogens is 1. The fraction of sp³-hybridized carbons (Fsp3) is 0.273. The number of esters is 2. The second kappa shape index (κ2) is 10.3. The number of ether oxygens (including phenoxy) is 2. The number of likely N-dealkylation sites (N-methyl/N-ethyl adjacent to an activating group) is 1.